The zero-order chi connectivity index (χ0) is 26.2. The summed E-state index contributed by atoms with van der Waals surface area (Å²) in [7, 11) is 0. The second kappa shape index (κ2) is 9.93. The van der Waals surface area contributed by atoms with Crippen LogP contribution in [0, 0.1) is 0 Å². The van der Waals surface area contributed by atoms with E-state index >= 15 is 0 Å². The number of carbonyl (C=O) groups excluding carboxylic acids is 1. The third-order valence-electron chi connectivity index (χ3n) is 6.64. The van der Waals surface area contributed by atoms with Gasteiger partial charge in [0, 0.05) is 35.8 Å². The van der Waals surface area contributed by atoms with Gasteiger partial charge in [0.1, 0.15) is 9.71 Å². The Balaban J connectivity index is 1.24. The first-order chi connectivity index (χ1) is 19.2. The Labute approximate surface area is 227 Å². The van der Waals surface area contributed by atoms with Crippen LogP contribution in [0.2, 0.25) is 0 Å². The molecule has 7 rings (SSSR count). The monoisotopic (exact) mass is 537 g/mol. The Bertz CT molecular complexity index is 1690. The summed E-state index contributed by atoms with van der Waals surface area (Å²) in [6, 6.07) is 21.5. The standard InChI is InChI=1S/C28H23N7O3S/c36-25-24(31-21(17-7-2-1-3-8-17)18-9-4-5-11-20(18)30-25)32-28-34-33-26(38-28)23-22(35-13-15-37-16-14-35)19-10-6-12-29-27(19)39-23/h1-12,24H,13-16H2,(H,30,36)(H,32,34)/t24-/m1/s1. The quantitative estimate of drug-likeness (QED) is 0.339. The summed E-state index contributed by atoms with van der Waals surface area (Å²) in [4.78, 5) is 26.6. The van der Waals surface area contributed by atoms with Crippen molar-refractivity contribution in [2.24, 2.45) is 4.99 Å². The molecule has 1 saturated heterocycles. The molecule has 0 aliphatic carbocycles. The number of thiophene rings is 1. The number of para-hydroxylation sites is 1. The molecule has 5 aromatic rings. The predicted molar refractivity (Wildman–Crippen MR) is 151 cm³/mol. The Kier molecular flexibility index (Phi) is 5.99. The highest BCUT2D eigenvalue weighted by Crippen LogP contribution is 2.44. The van der Waals surface area contributed by atoms with Gasteiger partial charge in [-0.15, -0.1) is 16.4 Å². The van der Waals surface area contributed by atoms with Crippen LogP contribution >= 0.6 is 11.3 Å². The number of amides is 1. The van der Waals surface area contributed by atoms with Crippen LogP contribution in [0.1, 0.15) is 11.1 Å². The molecule has 2 aliphatic heterocycles. The summed E-state index contributed by atoms with van der Waals surface area (Å²) in [5, 5.41) is 15.6. The fourth-order valence-electron chi connectivity index (χ4n) is 4.84. The number of aliphatic imine (C=N–C) groups is 1. The first kappa shape index (κ1) is 23.5. The maximum Gasteiger partial charge on any atom is 0.317 e. The molecule has 0 bridgehead atoms. The average Bonchev–Trinajstić information content (AvgIpc) is 3.58. The van der Waals surface area contributed by atoms with Gasteiger partial charge in [0.05, 0.1) is 30.3 Å². The normalized spacial score (nSPS) is 17.3. The van der Waals surface area contributed by atoms with Gasteiger partial charge in [0.25, 0.3) is 11.8 Å². The Hall–Kier alpha value is -4.61. The molecule has 0 spiro atoms. The number of hydrogen-bond donors (Lipinski definition) is 2. The van der Waals surface area contributed by atoms with Crippen molar-refractivity contribution in [1.29, 1.82) is 0 Å². The molecule has 3 aromatic heterocycles. The van der Waals surface area contributed by atoms with Crippen LogP contribution in [0.15, 0.2) is 82.3 Å². The molecular weight excluding hydrogens is 514 g/mol. The number of pyridine rings is 1. The van der Waals surface area contributed by atoms with Crippen LogP contribution in [0.3, 0.4) is 0 Å². The maximum atomic E-state index is 13.2. The number of anilines is 3. The SMILES string of the molecule is O=C1Nc2ccccc2C(c2ccccc2)=N[C@@H]1Nc1nnc(-c2sc3ncccc3c2N2CCOCC2)o1. The molecule has 1 amide bonds. The van der Waals surface area contributed by atoms with Crippen molar-refractivity contribution < 1.29 is 13.9 Å². The summed E-state index contributed by atoms with van der Waals surface area (Å²) in [6.07, 6.45) is 0.793. The number of rotatable bonds is 5. The fraction of sp³-hybridized carbons (Fsp3) is 0.179. The lowest BCUT2D eigenvalue weighted by Crippen LogP contribution is -2.36. The molecule has 2 N–H and O–H groups in total. The number of nitrogens with one attached hydrogen (secondary N) is 2. The highest BCUT2D eigenvalue weighted by atomic mass is 32.1. The van der Waals surface area contributed by atoms with Crippen molar-refractivity contribution in [3.8, 4) is 10.8 Å². The lowest BCUT2D eigenvalue weighted by atomic mass is 10.0. The molecule has 1 atom stereocenters. The number of fused-ring (bicyclic) bond motifs is 2. The molecule has 10 nitrogen and oxygen atoms in total. The minimum Gasteiger partial charge on any atom is -0.402 e. The van der Waals surface area contributed by atoms with E-state index in [4.69, 9.17) is 14.1 Å². The van der Waals surface area contributed by atoms with Gasteiger partial charge >= 0.3 is 6.01 Å². The van der Waals surface area contributed by atoms with Crippen molar-refractivity contribution in [1.82, 2.24) is 15.2 Å². The van der Waals surface area contributed by atoms with Crippen LogP contribution in [0.25, 0.3) is 21.0 Å². The zero-order valence-electron chi connectivity index (χ0n) is 20.7. The minimum atomic E-state index is -0.983. The molecule has 11 heteroatoms. The van der Waals surface area contributed by atoms with Crippen LogP contribution in [-0.2, 0) is 9.53 Å². The van der Waals surface area contributed by atoms with Gasteiger partial charge in [0.15, 0.2) is 0 Å². The molecule has 0 saturated carbocycles. The highest BCUT2D eigenvalue weighted by Gasteiger charge is 2.29. The van der Waals surface area contributed by atoms with E-state index < -0.39 is 6.17 Å². The third kappa shape index (κ3) is 4.41. The molecular formula is C28H23N7O3S. The van der Waals surface area contributed by atoms with E-state index in [1.54, 1.807) is 6.20 Å². The highest BCUT2D eigenvalue weighted by molar-refractivity contribution is 7.22. The van der Waals surface area contributed by atoms with Gasteiger partial charge in [-0.1, -0.05) is 53.6 Å². The average molecular weight is 538 g/mol. The van der Waals surface area contributed by atoms with E-state index in [-0.39, 0.29) is 11.9 Å². The predicted octanol–water partition coefficient (Wildman–Crippen LogP) is 4.41. The largest absolute Gasteiger partial charge is 0.402 e. The van der Waals surface area contributed by atoms with Gasteiger partial charge in [-0.2, -0.15) is 0 Å². The van der Waals surface area contributed by atoms with Crippen LogP contribution in [0.5, 0.6) is 0 Å². The number of benzodiazepines with no additional fused rings is 1. The lowest BCUT2D eigenvalue weighted by molar-refractivity contribution is -0.116. The summed E-state index contributed by atoms with van der Waals surface area (Å²) >= 11 is 1.50. The summed E-state index contributed by atoms with van der Waals surface area (Å²) < 4.78 is 11.6. The molecule has 0 unspecified atom stereocenters. The van der Waals surface area contributed by atoms with Crippen molar-refractivity contribution >= 4 is 50.6 Å². The number of aromatic nitrogens is 3. The summed E-state index contributed by atoms with van der Waals surface area (Å²) in [5.41, 5.74) is 4.11. The summed E-state index contributed by atoms with van der Waals surface area (Å²) in [5.74, 6) is 0.0276. The van der Waals surface area contributed by atoms with Crippen molar-refractivity contribution in [3.63, 3.8) is 0 Å². The number of morpholine rings is 1. The maximum absolute atomic E-state index is 13.2. The number of nitrogens with zero attached hydrogens (tertiary/aromatic N) is 5. The van der Waals surface area contributed by atoms with Crippen molar-refractivity contribution in [3.05, 3.63) is 84.1 Å². The summed E-state index contributed by atoms with van der Waals surface area (Å²) in [6.45, 7) is 2.81. The van der Waals surface area contributed by atoms with E-state index in [1.807, 2.05) is 60.7 Å². The van der Waals surface area contributed by atoms with Gasteiger partial charge in [-0.25, -0.2) is 9.98 Å². The van der Waals surface area contributed by atoms with E-state index in [0.29, 0.717) is 30.5 Å². The fourth-order valence-corrected chi connectivity index (χ4v) is 5.92. The van der Waals surface area contributed by atoms with Crippen molar-refractivity contribution in [2.45, 2.75) is 6.17 Å². The number of hydrogen-bond acceptors (Lipinski definition) is 10. The minimum absolute atomic E-state index is 0.102. The van der Waals surface area contributed by atoms with Gasteiger partial charge in [-0.05, 0) is 18.2 Å². The third-order valence-corrected chi connectivity index (χ3v) is 7.73. The first-order valence-electron chi connectivity index (χ1n) is 12.6. The van der Waals surface area contributed by atoms with E-state index in [1.165, 1.54) is 11.3 Å². The van der Waals surface area contributed by atoms with Crippen LogP contribution in [0.4, 0.5) is 17.4 Å². The molecule has 2 aliphatic rings. The Morgan fingerprint density at radius 1 is 0.974 bits per heavy atom. The van der Waals surface area contributed by atoms with Gasteiger partial charge in [0.2, 0.25) is 6.17 Å². The van der Waals surface area contributed by atoms with E-state index in [9.17, 15) is 4.79 Å². The molecule has 0 radical (unpaired) electrons. The van der Waals surface area contributed by atoms with Gasteiger partial charge in [-0.3, -0.25) is 4.79 Å². The molecule has 194 valence electrons. The molecule has 1 fully saturated rings. The molecule has 2 aromatic carbocycles. The number of carbonyl (C=O) groups is 1. The van der Waals surface area contributed by atoms with Crippen LogP contribution in [-0.4, -0.2) is 59.3 Å². The number of benzene rings is 2. The number of ether oxygens (including phenoxy) is 1. The Morgan fingerprint density at radius 2 is 1.79 bits per heavy atom. The van der Waals surface area contributed by atoms with Gasteiger partial charge < -0.3 is 24.7 Å². The zero-order valence-corrected chi connectivity index (χ0v) is 21.5. The second-order valence-electron chi connectivity index (χ2n) is 9.07. The molecule has 39 heavy (non-hydrogen) atoms. The van der Waals surface area contributed by atoms with E-state index in [2.05, 4.69) is 36.8 Å². The lowest BCUT2D eigenvalue weighted by Gasteiger charge is -2.29. The van der Waals surface area contributed by atoms with E-state index in [0.717, 1.165) is 45.0 Å². The topological polar surface area (TPSA) is 118 Å². The van der Waals surface area contributed by atoms with Crippen molar-refractivity contribution in [2.75, 3.05) is 41.8 Å². The Morgan fingerprint density at radius 3 is 2.67 bits per heavy atom. The molecule has 5 heterocycles. The first-order valence-corrected chi connectivity index (χ1v) is 13.4. The second-order valence-corrected chi connectivity index (χ2v) is 10.1. The van der Waals surface area contributed by atoms with Crippen LogP contribution < -0.4 is 15.5 Å². The smallest absolute Gasteiger partial charge is 0.317 e.